The van der Waals surface area contributed by atoms with Gasteiger partial charge in [0.05, 0.1) is 7.11 Å². The van der Waals surface area contributed by atoms with Crippen LogP contribution in [-0.4, -0.2) is 24.1 Å². The fraction of sp³-hybridized carbons (Fsp3) is 0.167. The van der Waals surface area contributed by atoms with E-state index in [-0.39, 0.29) is 0 Å². The Balaban J connectivity index is 2.33. The van der Waals surface area contributed by atoms with Crippen LogP contribution in [0.2, 0.25) is 5.15 Å². The zero-order chi connectivity index (χ0) is 12.3. The second-order valence-electron chi connectivity index (χ2n) is 3.46. The standard InChI is InChI=1S/C12H12ClN3O/c1-16(12-7-11(13)14-8-15-12)9-4-3-5-10(6-9)17-2/h3-8H,1-2H3. The topological polar surface area (TPSA) is 38.2 Å². The van der Waals surface area contributed by atoms with E-state index in [9.17, 15) is 0 Å². The molecular formula is C12H12ClN3O. The van der Waals surface area contributed by atoms with Crippen LogP contribution in [0.15, 0.2) is 36.7 Å². The van der Waals surface area contributed by atoms with Crippen molar-refractivity contribution in [3.63, 3.8) is 0 Å². The van der Waals surface area contributed by atoms with Gasteiger partial charge in [0.25, 0.3) is 0 Å². The lowest BCUT2D eigenvalue weighted by molar-refractivity contribution is 0.415. The first kappa shape index (κ1) is 11.7. The van der Waals surface area contributed by atoms with Crippen LogP contribution < -0.4 is 9.64 Å². The van der Waals surface area contributed by atoms with Gasteiger partial charge < -0.3 is 9.64 Å². The van der Waals surface area contributed by atoms with Crippen molar-refractivity contribution < 1.29 is 4.74 Å². The molecule has 1 aromatic heterocycles. The van der Waals surface area contributed by atoms with Gasteiger partial charge in [0.2, 0.25) is 0 Å². The Hall–Kier alpha value is -1.81. The van der Waals surface area contributed by atoms with Crippen LogP contribution in [0.25, 0.3) is 0 Å². The molecule has 0 N–H and O–H groups in total. The zero-order valence-electron chi connectivity index (χ0n) is 9.59. The molecule has 2 rings (SSSR count). The Kier molecular flexibility index (Phi) is 3.44. The van der Waals surface area contributed by atoms with E-state index in [1.165, 1.54) is 6.33 Å². The molecule has 0 spiro atoms. The minimum absolute atomic E-state index is 0.421. The average Bonchev–Trinajstić information content (AvgIpc) is 2.38. The van der Waals surface area contributed by atoms with Crippen molar-refractivity contribution in [1.29, 1.82) is 0 Å². The summed E-state index contributed by atoms with van der Waals surface area (Å²) < 4.78 is 5.18. The van der Waals surface area contributed by atoms with Gasteiger partial charge in [0.15, 0.2) is 0 Å². The molecule has 17 heavy (non-hydrogen) atoms. The number of ether oxygens (including phenoxy) is 1. The van der Waals surface area contributed by atoms with Gasteiger partial charge >= 0.3 is 0 Å². The first-order valence-electron chi connectivity index (χ1n) is 5.06. The van der Waals surface area contributed by atoms with Crippen LogP contribution in [0.4, 0.5) is 11.5 Å². The molecule has 0 radical (unpaired) electrons. The summed E-state index contributed by atoms with van der Waals surface area (Å²) in [5, 5.41) is 0.421. The summed E-state index contributed by atoms with van der Waals surface area (Å²) >= 11 is 5.83. The molecule has 2 aromatic rings. The lowest BCUT2D eigenvalue weighted by Gasteiger charge is -2.18. The highest BCUT2D eigenvalue weighted by Crippen LogP contribution is 2.25. The summed E-state index contributed by atoms with van der Waals surface area (Å²) in [5.74, 6) is 1.53. The molecule has 0 atom stereocenters. The van der Waals surface area contributed by atoms with E-state index < -0.39 is 0 Å². The number of anilines is 2. The molecule has 0 saturated carbocycles. The van der Waals surface area contributed by atoms with Gasteiger partial charge in [0, 0.05) is 24.9 Å². The number of halogens is 1. The van der Waals surface area contributed by atoms with Crippen molar-refractivity contribution in [1.82, 2.24) is 9.97 Å². The smallest absolute Gasteiger partial charge is 0.137 e. The highest BCUT2D eigenvalue weighted by Gasteiger charge is 2.06. The molecule has 1 heterocycles. The average molecular weight is 250 g/mol. The van der Waals surface area contributed by atoms with E-state index in [1.54, 1.807) is 13.2 Å². The Labute approximate surface area is 105 Å². The SMILES string of the molecule is COc1cccc(N(C)c2cc(Cl)ncn2)c1. The normalized spacial score (nSPS) is 10.1. The van der Waals surface area contributed by atoms with Crippen LogP contribution in [0.3, 0.4) is 0 Å². The van der Waals surface area contributed by atoms with Gasteiger partial charge in [0.1, 0.15) is 23.0 Å². The summed E-state index contributed by atoms with van der Waals surface area (Å²) in [7, 11) is 3.55. The minimum atomic E-state index is 0.421. The van der Waals surface area contributed by atoms with Gasteiger partial charge in [-0.25, -0.2) is 9.97 Å². The van der Waals surface area contributed by atoms with E-state index in [0.717, 1.165) is 17.3 Å². The minimum Gasteiger partial charge on any atom is -0.497 e. The van der Waals surface area contributed by atoms with Crippen molar-refractivity contribution in [2.24, 2.45) is 0 Å². The monoisotopic (exact) mass is 249 g/mol. The van der Waals surface area contributed by atoms with Crippen molar-refractivity contribution in [2.75, 3.05) is 19.1 Å². The van der Waals surface area contributed by atoms with Crippen LogP contribution in [-0.2, 0) is 0 Å². The molecular weight excluding hydrogens is 238 g/mol. The predicted molar refractivity (Wildman–Crippen MR) is 68.1 cm³/mol. The van der Waals surface area contributed by atoms with Gasteiger partial charge in [-0.05, 0) is 12.1 Å². The number of aromatic nitrogens is 2. The van der Waals surface area contributed by atoms with Gasteiger partial charge in [-0.2, -0.15) is 0 Å². The first-order valence-corrected chi connectivity index (χ1v) is 5.44. The fourth-order valence-corrected chi connectivity index (χ4v) is 1.60. The van der Waals surface area contributed by atoms with Crippen LogP contribution in [0, 0.1) is 0 Å². The van der Waals surface area contributed by atoms with E-state index in [1.807, 2.05) is 36.2 Å². The number of rotatable bonds is 3. The summed E-state index contributed by atoms with van der Waals surface area (Å²) in [5.41, 5.74) is 0.971. The molecule has 0 fully saturated rings. The summed E-state index contributed by atoms with van der Waals surface area (Å²) in [4.78, 5) is 9.93. The molecule has 88 valence electrons. The molecule has 0 saturated heterocycles. The summed E-state index contributed by atoms with van der Waals surface area (Å²) in [6.07, 6.45) is 1.44. The summed E-state index contributed by atoms with van der Waals surface area (Å²) in [6, 6.07) is 9.42. The molecule has 0 aliphatic heterocycles. The first-order chi connectivity index (χ1) is 8.20. The zero-order valence-corrected chi connectivity index (χ0v) is 10.3. The predicted octanol–water partition coefficient (Wildman–Crippen LogP) is 2.91. The van der Waals surface area contributed by atoms with Gasteiger partial charge in [-0.15, -0.1) is 0 Å². The quantitative estimate of drug-likeness (QED) is 0.784. The Morgan fingerprint density at radius 2 is 2.06 bits per heavy atom. The second-order valence-corrected chi connectivity index (χ2v) is 3.85. The maximum Gasteiger partial charge on any atom is 0.137 e. The van der Waals surface area contributed by atoms with E-state index in [0.29, 0.717) is 5.15 Å². The van der Waals surface area contributed by atoms with Crippen LogP contribution in [0.5, 0.6) is 5.75 Å². The maximum atomic E-state index is 5.83. The third kappa shape index (κ3) is 2.65. The number of methoxy groups -OCH3 is 1. The number of hydrogen-bond donors (Lipinski definition) is 0. The molecule has 1 aromatic carbocycles. The molecule has 0 aliphatic carbocycles. The van der Waals surface area contributed by atoms with Crippen molar-refractivity contribution in [3.8, 4) is 5.75 Å². The Morgan fingerprint density at radius 3 is 2.76 bits per heavy atom. The van der Waals surface area contributed by atoms with Crippen molar-refractivity contribution in [2.45, 2.75) is 0 Å². The van der Waals surface area contributed by atoms with Crippen LogP contribution >= 0.6 is 11.6 Å². The number of nitrogens with zero attached hydrogens (tertiary/aromatic N) is 3. The molecule has 0 unspecified atom stereocenters. The van der Waals surface area contributed by atoms with Gasteiger partial charge in [-0.3, -0.25) is 0 Å². The fourth-order valence-electron chi connectivity index (χ4n) is 1.46. The Morgan fingerprint density at radius 1 is 1.24 bits per heavy atom. The molecule has 4 nitrogen and oxygen atoms in total. The lowest BCUT2D eigenvalue weighted by Crippen LogP contribution is -2.11. The maximum absolute atomic E-state index is 5.83. The molecule has 5 heteroatoms. The largest absolute Gasteiger partial charge is 0.497 e. The number of benzene rings is 1. The van der Waals surface area contributed by atoms with Crippen molar-refractivity contribution >= 4 is 23.1 Å². The third-order valence-electron chi connectivity index (χ3n) is 2.40. The third-order valence-corrected chi connectivity index (χ3v) is 2.61. The highest BCUT2D eigenvalue weighted by atomic mass is 35.5. The van der Waals surface area contributed by atoms with Crippen LogP contribution in [0.1, 0.15) is 0 Å². The molecule has 0 amide bonds. The van der Waals surface area contributed by atoms with Crippen molar-refractivity contribution in [3.05, 3.63) is 41.8 Å². The highest BCUT2D eigenvalue weighted by molar-refractivity contribution is 6.29. The van der Waals surface area contributed by atoms with E-state index >= 15 is 0 Å². The second kappa shape index (κ2) is 5.01. The van der Waals surface area contributed by atoms with E-state index in [4.69, 9.17) is 16.3 Å². The lowest BCUT2D eigenvalue weighted by atomic mass is 10.3. The number of hydrogen-bond acceptors (Lipinski definition) is 4. The van der Waals surface area contributed by atoms with E-state index in [2.05, 4.69) is 9.97 Å². The van der Waals surface area contributed by atoms with Gasteiger partial charge in [-0.1, -0.05) is 17.7 Å². The molecule has 0 aliphatic rings. The Bertz CT molecular complexity index is 519. The molecule has 0 bridgehead atoms. The summed E-state index contributed by atoms with van der Waals surface area (Å²) in [6.45, 7) is 0.